The van der Waals surface area contributed by atoms with Gasteiger partial charge in [0.1, 0.15) is 12.3 Å². The lowest BCUT2D eigenvalue weighted by molar-refractivity contribution is -0.123. The van der Waals surface area contributed by atoms with Crippen molar-refractivity contribution in [3.05, 3.63) is 54.1 Å². The predicted molar refractivity (Wildman–Crippen MR) is 99.6 cm³/mol. The number of hydrogen-bond acceptors (Lipinski definition) is 7. The highest BCUT2D eigenvalue weighted by Crippen LogP contribution is 2.32. The molecule has 2 atom stereocenters. The van der Waals surface area contributed by atoms with Crippen LogP contribution in [0, 0.1) is 11.6 Å². The van der Waals surface area contributed by atoms with E-state index in [1.165, 1.54) is 7.11 Å². The highest BCUT2D eigenvalue weighted by atomic mass is 19.2. The number of nitrogens with one attached hydrogen (secondary N) is 1. The summed E-state index contributed by atoms with van der Waals surface area (Å²) in [4.78, 5) is 38.5. The Kier molecular flexibility index (Phi) is 4.86. The fourth-order valence-electron chi connectivity index (χ4n) is 3.28. The molecule has 1 fully saturated rings. The average molecular weight is 415 g/mol. The second-order valence-corrected chi connectivity index (χ2v) is 6.58. The van der Waals surface area contributed by atoms with Crippen LogP contribution in [0.1, 0.15) is 0 Å². The molecular formula is C19H15F2N5O4. The van der Waals surface area contributed by atoms with Gasteiger partial charge >= 0.3 is 0 Å². The Labute approximate surface area is 168 Å². The lowest BCUT2D eigenvalue weighted by Gasteiger charge is -2.20. The van der Waals surface area contributed by atoms with Gasteiger partial charge in [0.15, 0.2) is 23.7 Å². The van der Waals surface area contributed by atoms with Gasteiger partial charge in [-0.1, -0.05) is 11.3 Å². The Morgan fingerprint density at radius 3 is 2.67 bits per heavy atom. The lowest BCUT2D eigenvalue weighted by atomic mass is 10.1. The van der Waals surface area contributed by atoms with Crippen LogP contribution in [0.2, 0.25) is 0 Å². The van der Waals surface area contributed by atoms with E-state index >= 15 is 0 Å². The van der Waals surface area contributed by atoms with Crippen LogP contribution in [0.3, 0.4) is 0 Å². The van der Waals surface area contributed by atoms with Gasteiger partial charge in [-0.2, -0.15) is 5.11 Å². The molecule has 11 heteroatoms. The molecule has 0 spiro atoms. The van der Waals surface area contributed by atoms with Crippen molar-refractivity contribution in [3.8, 4) is 5.75 Å². The molecule has 154 valence electrons. The average Bonchev–Trinajstić information content (AvgIpc) is 3.24. The van der Waals surface area contributed by atoms with Crippen molar-refractivity contribution in [2.24, 2.45) is 10.3 Å². The van der Waals surface area contributed by atoms with E-state index in [9.17, 15) is 23.2 Å². The number of hydrogen-bond donors (Lipinski definition) is 1. The molecule has 0 saturated carbocycles. The molecule has 0 unspecified atom stereocenters. The van der Waals surface area contributed by atoms with Crippen molar-refractivity contribution in [2.75, 3.05) is 23.9 Å². The standard InChI is InChI=1S/C19H15F2N5O4/c1-30-12-4-2-3-10(7-12)22-15(27)9-25-17-16(23-24-25)18(28)26(19(17)29)11-5-6-13(20)14(21)8-11/h2-8,16-17H,9H2,1H3,(H,22,27)/t16-,17+/m1/s1. The number of amides is 3. The summed E-state index contributed by atoms with van der Waals surface area (Å²) in [5.74, 6) is -3.69. The largest absolute Gasteiger partial charge is 0.497 e. The molecule has 2 aliphatic rings. The van der Waals surface area contributed by atoms with Gasteiger partial charge in [-0.15, -0.1) is 0 Å². The molecule has 0 bridgehead atoms. The summed E-state index contributed by atoms with van der Waals surface area (Å²) in [6, 6.07) is 7.07. The van der Waals surface area contributed by atoms with E-state index in [0.29, 0.717) is 11.4 Å². The first kappa shape index (κ1) is 19.4. The maximum Gasteiger partial charge on any atom is 0.263 e. The third kappa shape index (κ3) is 3.34. The number of nitrogens with zero attached hydrogens (tertiary/aromatic N) is 4. The molecule has 2 aromatic rings. The highest BCUT2D eigenvalue weighted by Gasteiger charge is 2.55. The normalized spacial score (nSPS) is 20.0. The molecule has 0 radical (unpaired) electrons. The molecule has 1 N–H and O–H groups in total. The van der Waals surface area contributed by atoms with E-state index in [1.807, 2.05) is 0 Å². The zero-order valence-corrected chi connectivity index (χ0v) is 15.6. The molecule has 2 aromatic carbocycles. The van der Waals surface area contributed by atoms with Gasteiger partial charge in [0.2, 0.25) is 5.91 Å². The summed E-state index contributed by atoms with van der Waals surface area (Å²) in [7, 11) is 1.49. The molecule has 0 aromatic heterocycles. The van der Waals surface area contributed by atoms with Crippen LogP contribution < -0.4 is 15.0 Å². The van der Waals surface area contributed by atoms with Crippen LogP contribution >= 0.6 is 0 Å². The molecular weight excluding hydrogens is 400 g/mol. The van der Waals surface area contributed by atoms with E-state index in [1.54, 1.807) is 24.3 Å². The number of imide groups is 1. The van der Waals surface area contributed by atoms with E-state index in [2.05, 4.69) is 15.7 Å². The van der Waals surface area contributed by atoms with E-state index in [0.717, 1.165) is 28.1 Å². The lowest BCUT2D eigenvalue weighted by Crippen LogP contribution is -2.43. The van der Waals surface area contributed by atoms with Gasteiger partial charge in [-0.3, -0.25) is 19.4 Å². The Hall–Kier alpha value is -3.89. The first-order chi connectivity index (χ1) is 14.4. The number of methoxy groups -OCH3 is 1. The highest BCUT2D eigenvalue weighted by molar-refractivity contribution is 6.25. The van der Waals surface area contributed by atoms with Gasteiger partial charge in [-0.05, 0) is 24.3 Å². The van der Waals surface area contributed by atoms with Crippen molar-refractivity contribution in [3.63, 3.8) is 0 Å². The Bertz CT molecular complexity index is 1080. The van der Waals surface area contributed by atoms with Crippen molar-refractivity contribution in [2.45, 2.75) is 12.1 Å². The molecule has 3 amide bonds. The number of benzene rings is 2. The van der Waals surface area contributed by atoms with Crippen molar-refractivity contribution in [1.82, 2.24) is 5.01 Å². The van der Waals surface area contributed by atoms with Crippen LogP contribution in [0.25, 0.3) is 0 Å². The minimum Gasteiger partial charge on any atom is -0.497 e. The monoisotopic (exact) mass is 415 g/mol. The minimum absolute atomic E-state index is 0.116. The Balaban J connectivity index is 1.49. The zero-order chi connectivity index (χ0) is 21.4. The maximum absolute atomic E-state index is 13.5. The van der Waals surface area contributed by atoms with E-state index in [4.69, 9.17) is 4.74 Å². The van der Waals surface area contributed by atoms with Gasteiger partial charge in [0.25, 0.3) is 11.8 Å². The molecule has 9 nitrogen and oxygen atoms in total. The molecule has 30 heavy (non-hydrogen) atoms. The molecule has 4 rings (SSSR count). The second-order valence-electron chi connectivity index (χ2n) is 6.58. The van der Waals surface area contributed by atoms with Gasteiger partial charge in [-0.25, -0.2) is 13.7 Å². The van der Waals surface area contributed by atoms with Crippen LogP contribution in [0.4, 0.5) is 20.2 Å². The molecule has 0 aliphatic carbocycles. The second kappa shape index (κ2) is 7.50. The number of ether oxygens (including phenoxy) is 1. The third-order valence-electron chi connectivity index (χ3n) is 4.68. The van der Waals surface area contributed by atoms with Gasteiger partial charge < -0.3 is 10.1 Å². The number of carbonyl (C=O) groups excluding carboxylic acids is 3. The van der Waals surface area contributed by atoms with Crippen LogP contribution in [0.5, 0.6) is 5.75 Å². The summed E-state index contributed by atoms with van der Waals surface area (Å²) < 4.78 is 31.8. The number of rotatable bonds is 5. The van der Waals surface area contributed by atoms with Crippen LogP contribution in [0.15, 0.2) is 52.8 Å². The summed E-state index contributed by atoms with van der Waals surface area (Å²) in [6.07, 6.45) is 0. The van der Waals surface area contributed by atoms with E-state index < -0.39 is 41.4 Å². The minimum atomic E-state index is -1.19. The summed E-state index contributed by atoms with van der Waals surface area (Å²) in [5.41, 5.74) is 0.360. The first-order valence-corrected chi connectivity index (χ1v) is 8.83. The number of halogens is 2. The fraction of sp³-hybridized carbons (Fsp3) is 0.211. The van der Waals surface area contributed by atoms with Crippen molar-refractivity contribution < 1.29 is 27.9 Å². The topological polar surface area (TPSA) is 104 Å². The van der Waals surface area contributed by atoms with E-state index in [-0.39, 0.29) is 12.2 Å². The van der Waals surface area contributed by atoms with Crippen molar-refractivity contribution >= 4 is 29.1 Å². The van der Waals surface area contributed by atoms with Crippen LogP contribution in [-0.4, -0.2) is 48.5 Å². The quantitative estimate of drug-likeness (QED) is 0.752. The summed E-state index contributed by atoms with van der Waals surface area (Å²) in [5, 5.41) is 11.3. The third-order valence-corrected chi connectivity index (χ3v) is 4.68. The zero-order valence-electron chi connectivity index (χ0n) is 15.6. The fourth-order valence-corrected chi connectivity index (χ4v) is 3.28. The van der Waals surface area contributed by atoms with Gasteiger partial charge in [0, 0.05) is 17.8 Å². The first-order valence-electron chi connectivity index (χ1n) is 8.83. The molecule has 1 saturated heterocycles. The summed E-state index contributed by atoms with van der Waals surface area (Å²) >= 11 is 0. The number of anilines is 2. The Morgan fingerprint density at radius 1 is 1.13 bits per heavy atom. The predicted octanol–water partition coefficient (Wildman–Crippen LogP) is 1.91. The molecule has 2 heterocycles. The molecule has 2 aliphatic heterocycles. The van der Waals surface area contributed by atoms with Crippen molar-refractivity contribution in [1.29, 1.82) is 0 Å². The number of fused-ring (bicyclic) bond motifs is 1. The summed E-state index contributed by atoms with van der Waals surface area (Å²) in [6.45, 7) is -0.341. The number of carbonyl (C=O) groups is 3. The maximum atomic E-state index is 13.5. The van der Waals surface area contributed by atoms with Crippen LogP contribution in [-0.2, 0) is 14.4 Å². The smallest absolute Gasteiger partial charge is 0.263 e. The Morgan fingerprint density at radius 2 is 1.93 bits per heavy atom. The SMILES string of the molecule is COc1cccc(NC(=O)CN2N=N[C@H]3C(=O)N(c4ccc(F)c(F)c4)C(=O)[C@H]32)c1. The van der Waals surface area contributed by atoms with Gasteiger partial charge in [0.05, 0.1) is 12.8 Å².